The number of halogens is 1. The van der Waals surface area contributed by atoms with Crippen LogP contribution >= 0.6 is 0 Å². The van der Waals surface area contributed by atoms with Gasteiger partial charge in [0.05, 0.1) is 0 Å². The van der Waals surface area contributed by atoms with Crippen LogP contribution in [0.3, 0.4) is 0 Å². The molecule has 0 radical (unpaired) electrons. The maximum absolute atomic E-state index is 13.9. The Labute approximate surface area is 120 Å². The minimum Gasteiger partial charge on any atom is -0.370 e. The van der Waals surface area contributed by atoms with Crippen LogP contribution in [-0.2, 0) is 13.1 Å². The molecule has 0 amide bonds. The molecule has 1 N–H and O–H groups in total. The molecule has 0 aliphatic heterocycles. The van der Waals surface area contributed by atoms with E-state index in [0.717, 1.165) is 23.4 Å². The van der Waals surface area contributed by atoms with Gasteiger partial charge in [0.2, 0.25) is 0 Å². The van der Waals surface area contributed by atoms with Crippen LogP contribution in [-0.4, -0.2) is 14.1 Å². The van der Waals surface area contributed by atoms with E-state index in [1.807, 2.05) is 26.2 Å². The summed E-state index contributed by atoms with van der Waals surface area (Å²) in [5.41, 5.74) is 4.14. The predicted octanol–water partition coefficient (Wildman–Crippen LogP) is 3.49. The molecule has 3 heteroatoms. The highest BCUT2D eigenvalue weighted by molar-refractivity contribution is 5.47. The summed E-state index contributed by atoms with van der Waals surface area (Å²) in [4.78, 5) is 2.06. The van der Waals surface area contributed by atoms with E-state index in [0.29, 0.717) is 6.54 Å². The molecule has 0 atom stereocenters. The molecule has 0 heterocycles. The zero-order valence-electron chi connectivity index (χ0n) is 12.3. The Kier molecular flexibility index (Phi) is 4.74. The average molecular weight is 272 g/mol. The minimum absolute atomic E-state index is 0.149. The largest absolute Gasteiger partial charge is 0.370 e. The molecule has 0 unspecified atom stereocenters. The van der Waals surface area contributed by atoms with Gasteiger partial charge in [0.25, 0.3) is 0 Å². The molecule has 2 aromatic rings. The molecule has 0 bridgehead atoms. The highest BCUT2D eigenvalue weighted by Crippen LogP contribution is 2.18. The Morgan fingerprint density at radius 3 is 2.45 bits per heavy atom. The number of anilines is 1. The minimum atomic E-state index is -0.149. The zero-order valence-corrected chi connectivity index (χ0v) is 12.3. The monoisotopic (exact) mass is 272 g/mol. The van der Waals surface area contributed by atoms with Gasteiger partial charge in [0.15, 0.2) is 0 Å². The third-order valence-electron chi connectivity index (χ3n) is 3.37. The number of nitrogens with zero attached hydrogens (tertiary/aromatic N) is 1. The van der Waals surface area contributed by atoms with Gasteiger partial charge in [-0.05, 0) is 43.8 Å². The van der Waals surface area contributed by atoms with Gasteiger partial charge >= 0.3 is 0 Å². The third kappa shape index (κ3) is 3.58. The van der Waals surface area contributed by atoms with Crippen molar-refractivity contribution in [3.8, 4) is 0 Å². The molecule has 2 aromatic carbocycles. The summed E-state index contributed by atoms with van der Waals surface area (Å²) in [5.74, 6) is -0.149. The molecule has 106 valence electrons. The molecule has 20 heavy (non-hydrogen) atoms. The third-order valence-corrected chi connectivity index (χ3v) is 3.37. The zero-order chi connectivity index (χ0) is 14.5. The van der Waals surface area contributed by atoms with Crippen molar-refractivity contribution in [1.82, 2.24) is 5.32 Å². The SMILES string of the molecule is CNCc1ccc(F)c(CN(C)c2ccc(C)cc2)c1. The predicted molar refractivity (Wildman–Crippen MR) is 82.4 cm³/mol. The molecular weight excluding hydrogens is 251 g/mol. The first-order valence-electron chi connectivity index (χ1n) is 6.80. The van der Waals surface area contributed by atoms with Gasteiger partial charge < -0.3 is 10.2 Å². The second kappa shape index (κ2) is 6.53. The Bertz CT molecular complexity index is 564. The van der Waals surface area contributed by atoms with Gasteiger partial charge in [0, 0.05) is 31.4 Å². The van der Waals surface area contributed by atoms with E-state index in [2.05, 4.69) is 41.4 Å². The summed E-state index contributed by atoms with van der Waals surface area (Å²) in [6, 6.07) is 13.6. The van der Waals surface area contributed by atoms with Crippen LogP contribution in [0, 0.1) is 12.7 Å². The van der Waals surface area contributed by atoms with Crippen LogP contribution in [0.25, 0.3) is 0 Å². The van der Waals surface area contributed by atoms with Gasteiger partial charge in [-0.25, -0.2) is 4.39 Å². The van der Waals surface area contributed by atoms with Crippen LogP contribution in [0.4, 0.5) is 10.1 Å². The lowest BCUT2D eigenvalue weighted by Gasteiger charge is -2.20. The molecule has 0 aromatic heterocycles. The Morgan fingerprint density at radius 1 is 1.10 bits per heavy atom. The van der Waals surface area contributed by atoms with Gasteiger partial charge in [-0.3, -0.25) is 0 Å². The number of nitrogens with one attached hydrogen (secondary N) is 1. The summed E-state index contributed by atoms with van der Waals surface area (Å²) in [5, 5.41) is 3.09. The van der Waals surface area contributed by atoms with Crippen LogP contribution in [0.5, 0.6) is 0 Å². The lowest BCUT2D eigenvalue weighted by atomic mass is 10.1. The molecule has 0 saturated carbocycles. The van der Waals surface area contributed by atoms with E-state index >= 15 is 0 Å². The summed E-state index contributed by atoms with van der Waals surface area (Å²) in [6.45, 7) is 3.37. The highest BCUT2D eigenvalue weighted by Gasteiger charge is 2.07. The Balaban J connectivity index is 2.16. The molecule has 0 saturated heterocycles. The van der Waals surface area contributed by atoms with Gasteiger partial charge in [-0.2, -0.15) is 0 Å². The smallest absolute Gasteiger partial charge is 0.128 e. The van der Waals surface area contributed by atoms with Gasteiger partial charge in [-0.1, -0.05) is 23.8 Å². The first-order valence-corrected chi connectivity index (χ1v) is 6.80. The molecule has 0 aliphatic carbocycles. The van der Waals surface area contributed by atoms with E-state index in [1.165, 1.54) is 5.56 Å². The van der Waals surface area contributed by atoms with Crippen molar-refractivity contribution < 1.29 is 4.39 Å². The van der Waals surface area contributed by atoms with Gasteiger partial charge in [-0.15, -0.1) is 0 Å². The molecular formula is C17H21FN2. The lowest BCUT2D eigenvalue weighted by Crippen LogP contribution is -2.17. The Hall–Kier alpha value is -1.87. The van der Waals surface area contributed by atoms with Crippen molar-refractivity contribution in [1.29, 1.82) is 0 Å². The van der Waals surface area contributed by atoms with Crippen molar-refractivity contribution in [3.63, 3.8) is 0 Å². The number of benzene rings is 2. The van der Waals surface area contributed by atoms with Crippen LogP contribution < -0.4 is 10.2 Å². The van der Waals surface area contributed by atoms with E-state index in [9.17, 15) is 4.39 Å². The number of rotatable bonds is 5. The first-order chi connectivity index (χ1) is 9.60. The van der Waals surface area contributed by atoms with Crippen LogP contribution in [0.1, 0.15) is 16.7 Å². The summed E-state index contributed by atoms with van der Waals surface area (Å²) >= 11 is 0. The van der Waals surface area contributed by atoms with E-state index in [4.69, 9.17) is 0 Å². The summed E-state index contributed by atoms with van der Waals surface area (Å²) < 4.78 is 13.9. The van der Waals surface area contributed by atoms with Crippen molar-refractivity contribution in [2.24, 2.45) is 0 Å². The first kappa shape index (κ1) is 14.5. The maximum atomic E-state index is 13.9. The number of aryl methyl sites for hydroxylation is 1. The van der Waals surface area contributed by atoms with E-state index < -0.39 is 0 Å². The molecule has 0 aliphatic rings. The van der Waals surface area contributed by atoms with Crippen molar-refractivity contribution in [2.45, 2.75) is 20.0 Å². The summed E-state index contributed by atoms with van der Waals surface area (Å²) in [7, 11) is 3.87. The molecule has 0 fully saturated rings. The van der Waals surface area contributed by atoms with Crippen molar-refractivity contribution >= 4 is 5.69 Å². The maximum Gasteiger partial charge on any atom is 0.128 e. The highest BCUT2D eigenvalue weighted by atomic mass is 19.1. The quantitative estimate of drug-likeness (QED) is 0.896. The lowest BCUT2D eigenvalue weighted by molar-refractivity contribution is 0.606. The van der Waals surface area contributed by atoms with E-state index in [1.54, 1.807) is 6.07 Å². The topological polar surface area (TPSA) is 15.3 Å². The van der Waals surface area contributed by atoms with Crippen molar-refractivity contribution in [3.05, 3.63) is 65.0 Å². The fourth-order valence-electron chi connectivity index (χ4n) is 2.21. The standard InChI is InChI=1S/C17H21FN2/c1-13-4-7-16(8-5-13)20(3)12-15-10-14(11-19-2)6-9-17(15)18/h4-10,19H,11-12H2,1-3H3. The van der Waals surface area contributed by atoms with E-state index in [-0.39, 0.29) is 5.82 Å². The second-order valence-corrected chi connectivity index (χ2v) is 5.15. The van der Waals surface area contributed by atoms with Crippen LogP contribution in [0.15, 0.2) is 42.5 Å². The van der Waals surface area contributed by atoms with Crippen LogP contribution in [0.2, 0.25) is 0 Å². The number of hydrogen-bond acceptors (Lipinski definition) is 2. The summed E-state index contributed by atoms with van der Waals surface area (Å²) in [6.07, 6.45) is 0. The normalized spacial score (nSPS) is 10.6. The molecule has 2 rings (SSSR count). The fourth-order valence-corrected chi connectivity index (χ4v) is 2.21. The molecule has 2 nitrogen and oxygen atoms in total. The average Bonchev–Trinajstić information content (AvgIpc) is 2.43. The second-order valence-electron chi connectivity index (χ2n) is 5.15. The molecule has 0 spiro atoms. The van der Waals surface area contributed by atoms with Gasteiger partial charge in [0.1, 0.15) is 5.82 Å². The number of hydrogen-bond donors (Lipinski definition) is 1. The van der Waals surface area contributed by atoms with Crippen molar-refractivity contribution in [2.75, 3.05) is 19.0 Å². The fraction of sp³-hybridized carbons (Fsp3) is 0.294. The Morgan fingerprint density at radius 2 is 1.80 bits per heavy atom.